The Labute approximate surface area is 200 Å². The molecule has 1 amide bonds. The molecule has 0 bridgehead atoms. The molecule has 7 nitrogen and oxygen atoms in total. The Morgan fingerprint density at radius 3 is 2.29 bits per heavy atom. The number of amides is 1. The Balaban J connectivity index is 1.52. The van der Waals surface area contributed by atoms with Gasteiger partial charge in [0.1, 0.15) is 5.69 Å². The molecular formula is C27H30N4O3. The number of aryl methyl sites for hydroxylation is 1. The van der Waals surface area contributed by atoms with E-state index in [1.165, 1.54) is 5.56 Å². The molecule has 3 rings (SSSR count). The quantitative estimate of drug-likeness (QED) is 0.323. The molecule has 34 heavy (non-hydrogen) atoms. The summed E-state index contributed by atoms with van der Waals surface area (Å²) in [6, 6.07) is 24.4. The molecule has 0 radical (unpaired) electrons. The maximum Gasteiger partial charge on any atom is 0.340 e. The van der Waals surface area contributed by atoms with Gasteiger partial charge in [-0.2, -0.15) is 5.11 Å². The van der Waals surface area contributed by atoms with Crippen LogP contribution >= 0.6 is 0 Å². The molecule has 0 spiro atoms. The van der Waals surface area contributed by atoms with Crippen LogP contribution in [-0.2, 0) is 16.0 Å². The Hall–Kier alpha value is -4.00. The van der Waals surface area contributed by atoms with Gasteiger partial charge in [-0.05, 0) is 61.7 Å². The van der Waals surface area contributed by atoms with Crippen LogP contribution in [-0.4, -0.2) is 38.6 Å². The van der Waals surface area contributed by atoms with E-state index in [0.717, 1.165) is 18.5 Å². The first-order chi connectivity index (χ1) is 16.4. The van der Waals surface area contributed by atoms with Gasteiger partial charge in [-0.3, -0.25) is 4.79 Å². The minimum absolute atomic E-state index is 0.0358. The summed E-state index contributed by atoms with van der Waals surface area (Å²) in [4.78, 5) is 26.8. The normalized spacial score (nSPS) is 11.7. The van der Waals surface area contributed by atoms with Crippen molar-refractivity contribution >= 4 is 28.9 Å². The third kappa shape index (κ3) is 7.55. The van der Waals surface area contributed by atoms with E-state index in [4.69, 9.17) is 4.74 Å². The second-order valence-corrected chi connectivity index (χ2v) is 8.20. The lowest BCUT2D eigenvalue weighted by Crippen LogP contribution is -2.36. The topological polar surface area (TPSA) is 83.4 Å². The summed E-state index contributed by atoms with van der Waals surface area (Å²) in [5.74, 6) is -0.960. The summed E-state index contributed by atoms with van der Waals surface area (Å²) in [7, 11) is 3.92. The number of anilines is 1. The molecule has 0 aliphatic carbocycles. The molecule has 0 saturated carbocycles. The highest BCUT2D eigenvalue weighted by atomic mass is 16.5. The van der Waals surface area contributed by atoms with Crippen molar-refractivity contribution in [2.45, 2.75) is 25.8 Å². The Morgan fingerprint density at radius 1 is 0.912 bits per heavy atom. The zero-order valence-corrected chi connectivity index (χ0v) is 19.8. The summed E-state index contributed by atoms with van der Waals surface area (Å²) in [6.45, 7) is 1.58. The van der Waals surface area contributed by atoms with E-state index in [-0.39, 0.29) is 24.1 Å². The number of rotatable bonds is 10. The van der Waals surface area contributed by atoms with Crippen molar-refractivity contribution < 1.29 is 14.3 Å². The van der Waals surface area contributed by atoms with Crippen molar-refractivity contribution in [3.63, 3.8) is 0 Å². The SMILES string of the molecule is CC(CCc1ccccc1)NC(=O)COC(=O)c1ccccc1N=Nc1ccc(N(C)C)cc1. The van der Waals surface area contributed by atoms with Crippen molar-refractivity contribution in [1.29, 1.82) is 0 Å². The molecule has 0 heterocycles. The molecule has 7 heteroatoms. The predicted octanol–water partition coefficient (Wildman–Crippen LogP) is 5.46. The fraction of sp³-hybridized carbons (Fsp3) is 0.259. The molecule has 176 valence electrons. The Kier molecular flexibility index (Phi) is 8.91. The Bertz CT molecular complexity index is 1110. The van der Waals surface area contributed by atoms with Crippen molar-refractivity contribution in [3.8, 4) is 0 Å². The van der Waals surface area contributed by atoms with Gasteiger partial charge in [-0.15, -0.1) is 5.11 Å². The number of azo groups is 1. The lowest BCUT2D eigenvalue weighted by atomic mass is 10.1. The van der Waals surface area contributed by atoms with E-state index in [1.54, 1.807) is 24.3 Å². The van der Waals surface area contributed by atoms with Gasteiger partial charge in [0.2, 0.25) is 0 Å². The number of esters is 1. The number of ether oxygens (including phenoxy) is 1. The highest BCUT2D eigenvalue weighted by Gasteiger charge is 2.15. The fourth-order valence-corrected chi connectivity index (χ4v) is 3.29. The number of nitrogens with one attached hydrogen (secondary N) is 1. The molecule has 1 unspecified atom stereocenters. The molecule has 1 atom stereocenters. The van der Waals surface area contributed by atoms with Crippen LogP contribution in [0.4, 0.5) is 17.1 Å². The minimum atomic E-state index is -0.621. The number of benzene rings is 3. The van der Waals surface area contributed by atoms with Crippen molar-refractivity contribution in [2.75, 3.05) is 25.6 Å². The molecule has 0 fully saturated rings. The average Bonchev–Trinajstić information content (AvgIpc) is 2.86. The van der Waals surface area contributed by atoms with E-state index in [9.17, 15) is 9.59 Å². The zero-order chi connectivity index (χ0) is 24.3. The first-order valence-corrected chi connectivity index (χ1v) is 11.2. The van der Waals surface area contributed by atoms with E-state index in [1.807, 2.05) is 68.4 Å². The molecule has 1 N–H and O–H groups in total. The summed E-state index contributed by atoms with van der Waals surface area (Å²) < 4.78 is 5.23. The Morgan fingerprint density at radius 2 is 1.59 bits per heavy atom. The van der Waals surface area contributed by atoms with Crippen LogP contribution in [0.25, 0.3) is 0 Å². The molecule has 0 aliphatic rings. The maximum absolute atomic E-state index is 12.6. The smallest absolute Gasteiger partial charge is 0.340 e. The lowest BCUT2D eigenvalue weighted by Gasteiger charge is -2.14. The van der Waals surface area contributed by atoms with Gasteiger partial charge in [-0.25, -0.2) is 4.79 Å². The van der Waals surface area contributed by atoms with Gasteiger partial charge in [0, 0.05) is 25.8 Å². The standard InChI is InChI=1S/C27H30N4O3/c1-20(13-14-21-9-5-4-6-10-21)28-26(32)19-34-27(33)24-11-7-8-12-25(24)30-29-22-15-17-23(18-16-22)31(2)3/h4-12,15-18,20H,13-14,19H2,1-3H3,(H,28,32). The number of nitrogens with zero attached hydrogens (tertiary/aromatic N) is 3. The summed E-state index contributed by atoms with van der Waals surface area (Å²) in [5.41, 5.74) is 3.56. The van der Waals surface area contributed by atoms with Gasteiger partial charge in [0.05, 0.1) is 11.3 Å². The third-order valence-electron chi connectivity index (χ3n) is 5.21. The van der Waals surface area contributed by atoms with Gasteiger partial charge in [0.25, 0.3) is 5.91 Å². The largest absolute Gasteiger partial charge is 0.452 e. The monoisotopic (exact) mass is 458 g/mol. The van der Waals surface area contributed by atoms with Crippen LogP contribution in [0.5, 0.6) is 0 Å². The minimum Gasteiger partial charge on any atom is -0.452 e. The molecule has 0 saturated heterocycles. The molecule has 0 aromatic heterocycles. The van der Waals surface area contributed by atoms with E-state index in [0.29, 0.717) is 11.4 Å². The van der Waals surface area contributed by atoms with Crippen molar-refractivity contribution in [3.05, 3.63) is 90.0 Å². The zero-order valence-electron chi connectivity index (χ0n) is 19.8. The number of hydrogen-bond acceptors (Lipinski definition) is 6. The van der Waals surface area contributed by atoms with Gasteiger partial charge in [0.15, 0.2) is 6.61 Å². The van der Waals surface area contributed by atoms with Gasteiger partial charge in [-0.1, -0.05) is 42.5 Å². The van der Waals surface area contributed by atoms with Crippen LogP contribution in [0.1, 0.15) is 29.3 Å². The highest BCUT2D eigenvalue weighted by molar-refractivity contribution is 5.96. The number of carbonyl (C=O) groups is 2. The summed E-state index contributed by atoms with van der Waals surface area (Å²) in [5, 5.41) is 11.3. The van der Waals surface area contributed by atoms with Crippen LogP contribution in [0.15, 0.2) is 89.1 Å². The molecular weight excluding hydrogens is 428 g/mol. The van der Waals surface area contributed by atoms with Crippen LogP contribution < -0.4 is 10.2 Å². The lowest BCUT2D eigenvalue weighted by molar-refractivity contribution is -0.124. The number of hydrogen-bond donors (Lipinski definition) is 1. The predicted molar refractivity (Wildman–Crippen MR) is 134 cm³/mol. The van der Waals surface area contributed by atoms with Crippen LogP contribution in [0, 0.1) is 0 Å². The van der Waals surface area contributed by atoms with E-state index < -0.39 is 5.97 Å². The maximum atomic E-state index is 12.6. The van der Waals surface area contributed by atoms with Crippen molar-refractivity contribution in [2.24, 2.45) is 10.2 Å². The molecule has 3 aromatic carbocycles. The molecule has 0 aliphatic heterocycles. The first-order valence-electron chi connectivity index (χ1n) is 11.2. The number of carbonyl (C=O) groups excluding carboxylic acids is 2. The fourth-order valence-electron chi connectivity index (χ4n) is 3.29. The third-order valence-corrected chi connectivity index (χ3v) is 5.21. The summed E-state index contributed by atoms with van der Waals surface area (Å²) >= 11 is 0. The van der Waals surface area contributed by atoms with Gasteiger partial charge < -0.3 is 15.0 Å². The van der Waals surface area contributed by atoms with Gasteiger partial charge >= 0.3 is 5.97 Å². The van der Waals surface area contributed by atoms with Crippen molar-refractivity contribution in [1.82, 2.24) is 5.32 Å². The molecule has 3 aromatic rings. The highest BCUT2D eigenvalue weighted by Crippen LogP contribution is 2.24. The average molecular weight is 459 g/mol. The first kappa shape index (κ1) is 24.6. The van der Waals surface area contributed by atoms with E-state index in [2.05, 4.69) is 27.7 Å². The summed E-state index contributed by atoms with van der Waals surface area (Å²) in [6.07, 6.45) is 1.65. The second-order valence-electron chi connectivity index (χ2n) is 8.20. The van der Waals surface area contributed by atoms with Crippen LogP contribution in [0.3, 0.4) is 0 Å². The van der Waals surface area contributed by atoms with E-state index >= 15 is 0 Å². The van der Waals surface area contributed by atoms with Crippen LogP contribution in [0.2, 0.25) is 0 Å². The second kappa shape index (κ2) is 12.3.